The van der Waals surface area contributed by atoms with Gasteiger partial charge in [-0.15, -0.1) is 0 Å². The SMILES string of the molecule is CCCc1nc(N=CN(C)C)n(CC(=O)OC)c(=O)c1Cc1ccc(-c2ccccc2C(=O)OC)cc1. The van der Waals surface area contributed by atoms with Crippen LogP contribution in [0, 0.1) is 0 Å². The molecule has 9 heteroatoms. The minimum atomic E-state index is -0.562. The van der Waals surface area contributed by atoms with Crippen LogP contribution in [0.25, 0.3) is 11.1 Å². The largest absolute Gasteiger partial charge is 0.468 e. The maximum Gasteiger partial charge on any atom is 0.338 e. The van der Waals surface area contributed by atoms with Crippen molar-refractivity contribution >= 4 is 24.2 Å². The van der Waals surface area contributed by atoms with Gasteiger partial charge in [0, 0.05) is 26.1 Å². The predicted octanol–water partition coefficient (Wildman–Crippen LogP) is 3.63. The molecule has 0 aliphatic heterocycles. The van der Waals surface area contributed by atoms with Crippen LogP contribution in [0.4, 0.5) is 5.95 Å². The first-order chi connectivity index (χ1) is 17.8. The summed E-state index contributed by atoms with van der Waals surface area (Å²) in [5.41, 5.74) is 3.83. The van der Waals surface area contributed by atoms with E-state index in [1.54, 1.807) is 31.1 Å². The third-order valence-electron chi connectivity index (χ3n) is 5.71. The molecule has 0 unspecified atom stereocenters. The number of aliphatic imine (C=N–C) groups is 1. The molecule has 0 fully saturated rings. The number of hydrogen-bond acceptors (Lipinski definition) is 7. The zero-order valence-corrected chi connectivity index (χ0v) is 21.9. The summed E-state index contributed by atoms with van der Waals surface area (Å²) in [4.78, 5) is 48.6. The number of benzene rings is 2. The highest BCUT2D eigenvalue weighted by molar-refractivity contribution is 5.97. The van der Waals surface area contributed by atoms with E-state index in [1.807, 2.05) is 43.3 Å². The summed E-state index contributed by atoms with van der Waals surface area (Å²) < 4.78 is 11.0. The minimum absolute atomic E-state index is 0.158. The van der Waals surface area contributed by atoms with Gasteiger partial charge in [0.15, 0.2) is 0 Å². The lowest BCUT2D eigenvalue weighted by atomic mass is 9.96. The van der Waals surface area contributed by atoms with Crippen molar-refractivity contribution < 1.29 is 19.1 Å². The molecule has 0 aliphatic carbocycles. The Morgan fingerprint density at radius 3 is 2.38 bits per heavy atom. The van der Waals surface area contributed by atoms with Gasteiger partial charge in [-0.25, -0.2) is 14.8 Å². The van der Waals surface area contributed by atoms with E-state index >= 15 is 0 Å². The van der Waals surface area contributed by atoms with Crippen LogP contribution < -0.4 is 5.56 Å². The van der Waals surface area contributed by atoms with E-state index in [9.17, 15) is 14.4 Å². The maximum atomic E-state index is 13.6. The third kappa shape index (κ3) is 6.69. The van der Waals surface area contributed by atoms with Crippen molar-refractivity contribution in [1.29, 1.82) is 0 Å². The molecule has 194 valence electrons. The van der Waals surface area contributed by atoms with Gasteiger partial charge in [0.1, 0.15) is 6.54 Å². The highest BCUT2D eigenvalue weighted by Gasteiger charge is 2.19. The highest BCUT2D eigenvalue weighted by Crippen LogP contribution is 2.25. The molecule has 0 saturated heterocycles. The van der Waals surface area contributed by atoms with Crippen LogP contribution in [0.2, 0.25) is 0 Å². The van der Waals surface area contributed by atoms with Gasteiger partial charge in [-0.1, -0.05) is 55.8 Å². The Bertz CT molecular complexity index is 1340. The summed E-state index contributed by atoms with van der Waals surface area (Å²) >= 11 is 0. The summed E-state index contributed by atoms with van der Waals surface area (Å²) in [5, 5.41) is 0. The molecule has 1 aromatic heterocycles. The fourth-order valence-corrected chi connectivity index (χ4v) is 3.88. The van der Waals surface area contributed by atoms with Crippen molar-refractivity contribution in [2.75, 3.05) is 28.3 Å². The minimum Gasteiger partial charge on any atom is -0.468 e. The van der Waals surface area contributed by atoms with Crippen LogP contribution in [0.15, 0.2) is 58.3 Å². The lowest BCUT2D eigenvalue weighted by molar-refractivity contribution is -0.141. The molecule has 0 spiro atoms. The fraction of sp³-hybridized carbons (Fsp3) is 0.321. The number of methoxy groups -OCH3 is 2. The number of esters is 2. The lowest BCUT2D eigenvalue weighted by Gasteiger charge is -2.15. The summed E-state index contributed by atoms with van der Waals surface area (Å²) in [7, 11) is 6.24. The molecule has 0 N–H and O–H groups in total. The van der Waals surface area contributed by atoms with Gasteiger partial charge in [0.05, 0.1) is 31.8 Å². The number of nitrogens with zero attached hydrogens (tertiary/aromatic N) is 4. The van der Waals surface area contributed by atoms with Crippen LogP contribution in [0.5, 0.6) is 0 Å². The Balaban J connectivity index is 2.04. The van der Waals surface area contributed by atoms with Gasteiger partial charge in [0.2, 0.25) is 5.95 Å². The van der Waals surface area contributed by atoms with Crippen LogP contribution in [0.1, 0.15) is 40.5 Å². The van der Waals surface area contributed by atoms with Gasteiger partial charge in [-0.05, 0) is 29.2 Å². The molecule has 0 amide bonds. The predicted molar refractivity (Wildman–Crippen MR) is 142 cm³/mol. The second-order valence-electron chi connectivity index (χ2n) is 8.67. The first-order valence-corrected chi connectivity index (χ1v) is 12.0. The summed E-state index contributed by atoms with van der Waals surface area (Å²) in [6.07, 6.45) is 3.26. The van der Waals surface area contributed by atoms with Crippen molar-refractivity contribution in [2.24, 2.45) is 4.99 Å². The maximum absolute atomic E-state index is 13.6. The molecule has 0 saturated carbocycles. The van der Waals surface area contributed by atoms with Crippen LogP contribution in [0.3, 0.4) is 0 Å². The third-order valence-corrected chi connectivity index (χ3v) is 5.71. The van der Waals surface area contributed by atoms with E-state index in [2.05, 4.69) is 9.98 Å². The zero-order chi connectivity index (χ0) is 26.9. The molecule has 0 bridgehead atoms. The fourth-order valence-electron chi connectivity index (χ4n) is 3.88. The quantitative estimate of drug-likeness (QED) is 0.236. The van der Waals surface area contributed by atoms with Gasteiger partial charge in [-0.2, -0.15) is 0 Å². The normalized spacial score (nSPS) is 10.9. The molecule has 0 atom stereocenters. The molecule has 37 heavy (non-hydrogen) atoms. The first kappa shape index (κ1) is 27.3. The van der Waals surface area contributed by atoms with Crippen molar-refractivity contribution in [2.45, 2.75) is 32.7 Å². The second kappa shape index (κ2) is 12.6. The molecule has 1 heterocycles. The van der Waals surface area contributed by atoms with E-state index < -0.39 is 11.9 Å². The smallest absolute Gasteiger partial charge is 0.338 e. The van der Waals surface area contributed by atoms with E-state index in [1.165, 1.54) is 25.1 Å². The molecular weight excluding hydrogens is 472 g/mol. The Kier molecular flexibility index (Phi) is 9.32. The van der Waals surface area contributed by atoms with Crippen molar-refractivity contribution in [3.63, 3.8) is 0 Å². The number of aromatic nitrogens is 2. The Morgan fingerprint density at radius 2 is 1.76 bits per heavy atom. The average molecular weight is 505 g/mol. The Hall–Kier alpha value is -4.27. The van der Waals surface area contributed by atoms with E-state index in [4.69, 9.17) is 9.47 Å². The van der Waals surface area contributed by atoms with E-state index in [0.29, 0.717) is 29.7 Å². The van der Waals surface area contributed by atoms with Crippen LogP contribution >= 0.6 is 0 Å². The van der Waals surface area contributed by atoms with E-state index in [0.717, 1.165) is 23.1 Å². The molecular formula is C28H32N4O5. The summed E-state index contributed by atoms with van der Waals surface area (Å²) in [5.74, 6) is -0.808. The van der Waals surface area contributed by atoms with Gasteiger partial charge >= 0.3 is 11.9 Å². The Labute approximate surface area is 216 Å². The lowest BCUT2D eigenvalue weighted by Crippen LogP contribution is -2.30. The van der Waals surface area contributed by atoms with Crippen molar-refractivity contribution in [3.05, 3.63) is 81.3 Å². The highest BCUT2D eigenvalue weighted by atomic mass is 16.5. The van der Waals surface area contributed by atoms with Gasteiger partial charge in [0.25, 0.3) is 5.56 Å². The van der Waals surface area contributed by atoms with Crippen LogP contribution in [-0.2, 0) is 33.7 Å². The number of aryl methyl sites for hydroxylation is 1. The summed E-state index contributed by atoms with van der Waals surface area (Å²) in [6, 6.07) is 14.9. The number of carbonyl (C=O) groups excluding carboxylic acids is 2. The standard InChI is InChI=1S/C28H32N4O5/c1-6-9-24-23(26(34)32(17-25(33)36-4)28(30-24)29-18-31(2)3)16-19-12-14-20(15-13-19)21-10-7-8-11-22(21)27(35)37-5/h7-8,10-15,18H,6,9,16-17H2,1-5H3. The number of carbonyl (C=O) groups is 2. The first-order valence-electron chi connectivity index (χ1n) is 12.0. The van der Waals surface area contributed by atoms with Gasteiger partial charge < -0.3 is 14.4 Å². The summed E-state index contributed by atoms with van der Waals surface area (Å²) in [6.45, 7) is 1.73. The monoisotopic (exact) mass is 504 g/mol. The Morgan fingerprint density at radius 1 is 1.05 bits per heavy atom. The van der Waals surface area contributed by atoms with Crippen LogP contribution in [-0.4, -0.2) is 61.0 Å². The number of rotatable bonds is 10. The second-order valence-corrected chi connectivity index (χ2v) is 8.67. The van der Waals surface area contributed by atoms with Crippen molar-refractivity contribution in [1.82, 2.24) is 14.5 Å². The van der Waals surface area contributed by atoms with Gasteiger partial charge in [-0.3, -0.25) is 14.2 Å². The molecule has 3 rings (SSSR count). The molecule has 2 aromatic carbocycles. The molecule has 9 nitrogen and oxygen atoms in total. The topological polar surface area (TPSA) is 103 Å². The zero-order valence-electron chi connectivity index (χ0n) is 21.9. The number of hydrogen-bond donors (Lipinski definition) is 0. The number of ether oxygens (including phenoxy) is 2. The van der Waals surface area contributed by atoms with Crippen molar-refractivity contribution in [3.8, 4) is 11.1 Å². The average Bonchev–Trinajstić information content (AvgIpc) is 2.91. The van der Waals surface area contributed by atoms with E-state index in [-0.39, 0.29) is 18.1 Å². The molecule has 0 radical (unpaired) electrons. The molecule has 3 aromatic rings. The molecule has 0 aliphatic rings.